The van der Waals surface area contributed by atoms with Crippen LogP contribution in [0.25, 0.3) is 0 Å². The number of carboxylic acids is 1. The van der Waals surface area contributed by atoms with E-state index in [0.717, 1.165) is 16.7 Å². The van der Waals surface area contributed by atoms with Crippen LogP contribution in [0.4, 0.5) is 0 Å². The molecule has 3 heteroatoms. The van der Waals surface area contributed by atoms with Crippen LogP contribution in [-0.2, 0) is 11.3 Å². The predicted octanol–water partition coefficient (Wildman–Crippen LogP) is 1.22. The molecule has 0 unspecified atom stereocenters. The summed E-state index contributed by atoms with van der Waals surface area (Å²) in [7, 11) is 0. The van der Waals surface area contributed by atoms with E-state index in [0.29, 0.717) is 6.54 Å². The van der Waals surface area contributed by atoms with Crippen LogP contribution in [-0.4, -0.2) is 11.1 Å². The van der Waals surface area contributed by atoms with E-state index < -0.39 is 12.0 Å². The molecular weight excluding hydrogens is 166 g/mol. The molecule has 1 aromatic rings. The number of hydrogen-bond donors (Lipinski definition) is 2. The SMILES string of the molecule is Cc1cccc2c1CN[C@@H]2C(=O)O. The van der Waals surface area contributed by atoms with Gasteiger partial charge < -0.3 is 5.11 Å². The van der Waals surface area contributed by atoms with Gasteiger partial charge in [-0.15, -0.1) is 0 Å². The molecule has 1 heterocycles. The molecule has 0 aliphatic carbocycles. The van der Waals surface area contributed by atoms with Crippen molar-refractivity contribution in [3.8, 4) is 0 Å². The third-order valence-corrected chi connectivity index (χ3v) is 2.49. The zero-order valence-corrected chi connectivity index (χ0v) is 7.37. The molecule has 0 amide bonds. The number of carbonyl (C=O) groups is 1. The van der Waals surface area contributed by atoms with Gasteiger partial charge in [-0.05, 0) is 23.6 Å². The molecular formula is C10H11NO2. The Morgan fingerprint density at radius 1 is 1.62 bits per heavy atom. The second kappa shape index (κ2) is 2.85. The van der Waals surface area contributed by atoms with E-state index in [9.17, 15) is 4.79 Å². The highest BCUT2D eigenvalue weighted by atomic mass is 16.4. The summed E-state index contributed by atoms with van der Waals surface area (Å²) in [5.41, 5.74) is 3.20. The fourth-order valence-corrected chi connectivity index (χ4v) is 1.77. The van der Waals surface area contributed by atoms with Crippen LogP contribution in [0.3, 0.4) is 0 Å². The van der Waals surface area contributed by atoms with Gasteiger partial charge >= 0.3 is 5.97 Å². The van der Waals surface area contributed by atoms with Crippen molar-refractivity contribution in [2.45, 2.75) is 19.5 Å². The summed E-state index contributed by atoms with van der Waals surface area (Å²) in [6.07, 6.45) is 0. The monoisotopic (exact) mass is 177 g/mol. The fraction of sp³-hybridized carbons (Fsp3) is 0.300. The third kappa shape index (κ3) is 1.21. The van der Waals surface area contributed by atoms with Crippen molar-refractivity contribution in [3.05, 3.63) is 34.9 Å². The third-order valence-electron chi connectivity index (χ3n) is 2.49. The first kappa shape index (κ1) is 8.26. The molecule has 0 spiro atoms. The second-order valence-corrected chi connectivity index (χ2v) is 3.29. The van der Waals surface area contributed by atoms with Crippen molar-refractivity contribution in [2.75, 3.05) is 0 Å². The summed E-state index contributed by atoms with van der Waals surface area (Å²) in [6.45, 7) is 2.67. The van der Waals surface area contributed by atoms with E-state index >= 15 is 0 Å². The van der Waals surface area contributed by atoms with E-state index in [-0.39, 0.29) is 0 Å². The lowest BCUT2D eigenvalue weighted by Gasteiger charge is -2.05. The van der Waals surface area contributed by atoms with Crippen molar-refractivity contribution in [1.29, 1.82) is 0 Å². The van der Waals surface area contributed by atoms with Gasteiger partial charge in [-0.3, -0.25) is 10.1 Å². The fourth-order valence-electron chi connectivity index (χ4n) is 1.77. The Morgan fingerprint density at radius 2 is 2.38 bits per heavy atom. The average Bonchev–Trinajstić information content (AvgIpc) is 2.48. The Labute approximate surface area is 76.4 Å². The highest BCUT2D eigenvalue weighted by Crippen LogP contribution is 2.27. The quantitative estimate of drug-likeness (QED) is 0.678. The summed E-state index contributed by atoms with van der Waals surface area (Å²) in [5, 5.41) is 11.9. The van der Waals surface area contributed by atoms with Gasteiger partial charge in [0.15, 0.2) is 0 Å². The molecule has 2 rings (SSSR count). The van der Waals surface area contributed by atoms with E-state index in [1.165, 1.54) is 0 Å². The van der Waals surface area contributed by atoms with Crippen LogP contribution < -0.4 is 5.32 Å². The van der Waals surface area contributed by atoms with E-state index in [2.05, 4.69) is 5.32 Å². The minimum Gasteiger partial charge on any atom is -0.480 e. The van der Waals surface area contributed by atoms with Gasteiger partial charge in [0.25, 0.3) is 0 Å². The van der Waals surface area contributed by atoms with Crippen molar-refractivity contribution in [2.24, 2.45) is 0 Å². The van der Waals surface area contributed by atoms with Gasteiger partial charge in [-0.25, -0.2) is 0 Å². The van der Waals surface area contributed by atoms with Gasteiger partial charge in [0, 0.05) is 6.54 Å². The number of hydrogen-bond acceptors (Lipinski definition) is 2. The summed E-state index contributed by atoms with van der Waals surface area (Å²) < 4.78 is 0. The van der Waals surface area contributed by atoms with E-state index in [4.69, 9.17) is 5.11 Å². The predicted molar refractivity (Wildman–Crippen MR) is 48.4 cm³/mol. The lowest BCUT2D eigenvalue weighted by atomic mass is 10.0. The Hall–Kier alpha value is -1.35. The van der Waals surface area contributed by atoms with Crippen LogP contribution in [0, 0.1) is 6.92 Å². The van der Waals surface area contributed by atoms with Crippen LogP contribution in [0.15, 0.2) is 18.2 Å². The van der Waals surface area contributed by atoms with Crippen molar-refractivity contribution < 1.29 is 9.90 Å². The molecule has 1 atom stereocenters. The lowest BCUT2D eigenvalue weighted by Crippen LogP contribution is -2.21. The molecule has 1 aromatic carbocycles. The molecule has 0 aromatic heterocycles. The molecule has 0 saturated carbocycles. The van der Waals surface area contributed by atoms with Crippen molar-refractivity contribution >= 4 is 5.97 Å². The maximum absolute atomic E-state index is 10.8. The van der Waals surface area contributed by atoms with Gasteiger partial charge in [0.1, 0.15) is 6.04 Å². The van der Waals surface area contributed by atoms with Gasteiger partial charge in [-0.1, -0.05) is 18.2 Å². The molecule has 13 heavy (non-hydrogen) atoms. The van der Waals surface area contributed by atoms with Gasteiger partial charge in [0.2, 0.25) is 0 Å². The van der Waals surface area contributed by atoms with E-state index in [1.54, 1.807) is 0 Å². The highest BCUT2D eigenvalue weighted by Gasteiger charge is 2.28. The zero-order valence-electron chi connectivity index (χ0n) is 7.37. The molecule has 68 valence electrons. The number of aliphatic carboxylic acids is 1. The van der Waals surface area contributed by atoms with Crippen LogP contribution in [0.2, 0.25) is 0 Å². The lowest BCUT2D eigenvalue weighted by molar-refractivity contribution is -0.139. The average molecular weight is 177 g/mol. The topological polar surface area (TPSA) is 49.3 Å². The molecule has 1 aliphatic heterocycles. The van der Waals surface area contributed by atoms with Crippen molar-refractivity contribution in [3.63, 3.8) is 0 Å². The first-order chi connectivity index (χ1) is 6.20. The smallest absolute Gasteiger partial charge is 0.325 e. The van der Waals surface area contributed by atoms with E-state index in [1.807, 2.05) is 25.1 Å². The zero-order chi connectivity index (χ0) is 9.42. The summed E-state index contributed by atoms with van der Waals surface area (Å²) in [4.78, 5) is 10.8. The molecule has 3 nitrogen and oxygen atoms in total. The molecule has 0 radical (unpaired) electrons. The van der Waals surface area contributed by atoms with Crippen LogP contribution >= 0.6 is 0 Å². The summed E-state index contributed by atoms with van der Waals surface area (Å²) in [5.74, 6) is -0.802. The molecule has 0 saturated heterocycles. The van der Waals surface area contributed by atoms with Crippen LogP contribution in [0.5, 0.6) is 0 Å². The first-order valence-corrected chi connectivity index (χ1v) is 4.24. The Bertz CT molecular complexity index is 360. The molecule has 1 aliphatic rings. The summed E-state index contributed by atoms with van der Waals surface area (Å²) >= 11 is 0. The maximum Gasteiger partial charge on any atom is 0.325 e. The summed E-state index contributed by atoms with van der Waals surface area (Å²) in [6, 6.07) is 5.26. The van der Waals surface area contributed by atoms with Crippen LogP contribution in [0.1, 0.15) is 22.7 Å². The number of carboxylic acid groups (broad SMARTS) is 1. The minimum atomic E-state index is -0.802. The molecule has 0 bridgehead atoms. The second-order valence-electron chi connectivity index (χ2n) is 3.29. The largest absolute Gasteiger partial charge is 0.480 e. The number of benzene rings is 1. The number of fused-ring (bicyclic) bond motifs is 1. The first-order valence-electron chi connectivity index (χ1n) is 4.24. The highest BCUT2D eigenvalue weighted by molar-refractivity contribution is 5.77. The normalized spacial score (nSPS) is 19.9. The number of nitrogens with one attached hydrogen (secondary N) is 1. The maximum atomic E-state index is 10.8. The Morgan fingerprint density at radius 3 is 3.08 bits per heavy atom. The minimum absolute atomic E-state index is 0.519. The number of rotatable bonds is 1. The van der Waals surface area contributed by atoms with Crippen molar-refractivity contribution in [1.82, 2.24) is 5.32 Å². The van der Waals surface area contributed by atoms with Gasteiger partial charge in [0.05, 0.1) is 0 Å². The molecule has 0 fully saturated rings. The number of aryl methyl sites for hydroxylation is 1. The molecule has 2 N–H and O–H groups in total. The van der Waals surface area contributed by atoms with Gasteiger partial charge in [-0.2, -0.15) is 0 Å². The standard InChI is InChI=1S/C10H11NO2/c1-6-3-2-4-7-8(6)5-11-9(7)10(12)13/h2-4,9,11H,5H2,1H3,(H,12,13)/t9-/m0/s1. The Kier molecular flexibility index (Phi) is 1.81. The Balaban J connectivity index is 2.49.